The van der Waals surface area contributed by atoms with Gasteiger partial charge in [0.25, 0.3) is 6.47 Å². The van der Waals surface area contributed by atoms with Gasteiger partial charge in [0.2, 0.25) is 12.3 Å². The number of carbonyl (C=O) groups is 9. The van der Waals surface area contributed by atoms with Gasteiger partial charge in [-0.15, -0.1) is 0 Å². The summed E-state index contributed by atoms with van der Waals surface area (Å²) in [6, 6.07) is 0. The highest BCUT2D eigenvalue weighted by molar-refractivity contribution is 5.77. The van der Waals surface area contributed by atoms with Crippen molar-refractivity contribution in [1.82, 2.24) is 34.7 Å². The van der Waals surface area contributed by atoms with Gasteiger partial charge in [-0.1, -0.05) is 0 Å². The van der Waals surface area contributed by atoms with Gasteiger partial charge < -0.3 is 91.6 Å². The molecule has 3 unspecified atom stereocenters. The van der Waals surface area contributed by atoms with E-state index in [4.69, 9.17) is 4.74 Å². The molecule has 1 aliphatic heterocycles. The Labute approximate surface area is 473 Å². The summed E-state index contributed by atoms with van der Waals surface area (Å²) in [7, 11) is 0. The van der Waals surface area contributed by atoms with Gasteiger partial charge in [0.05, 0.1) is 104 Å². The third kappa shape index (κ3) is 21.6. The highest BCUT2D eigenvalue weighted by Gasteiger charge is 2.48. The van der Waals surface area contributed by atoms with Crippen molar-refractivity contribution in [3.63, 3.8) is 0 Å². The van der Waals surface area contributed by atoms with E-state index in [2.05, 4.69) is 5.32 Å². The summed E-state index contributed by atoms with van der Waals surface area (Å²) in [4.78, 5) is 122. The summed E-state index contributed by atoms with van der Waals surface area (Å²) in [5.41, 5.74) is -9.30. The lowest BCUT2D eigenvalue weighted by Gasteiger charge is -2.47. The van der Waals surface area contributed by atoms with Crippen LogP contribution in [0.1, 0.15) is 12.8 Å². The number of aliphatic carboxylic acids is 3. The first kappa shape index (κ1) is 75.0. The van der Waals surface area contributed by atoms with E-state index in [0.29, 0.717) is 12.8 Å². The Hall–Kier alpha value is -4.97. The van der Waals surface area contributed by atoms with E-state index in [1.807, 2.05) is 0 Å². The number of carboxylic acid groups (broad SMARTS) is 3. The Morgan fingerprint density at radius 1 is 0.585 bits per heavy atom. The normalized spacial score (nSPS) is 16.2. The first-order valence-corrected chi connectivity index (χ1v) is 26.1. The van der Waals surface area contributed by atoms with E-state index < -0.39 is 181 Å². The van der Waals surface area contributed by atoms with E-state index in [9.17, 15) is 120 Å². The minimum atomic E-state index is -1.95. The minimum Gasteiger partial charge on any atom is -0.480 e. The average Bonchev–Trinajstić information content (AvgIpc) is 3.73. The fraction of sp³-hybridized carbons (Fsp3) is 0.809. The van der Waals surface area contributed by atoms with Gasteiger partial charge in [-0.25, -0.2) is 19.3 Å². The number of ether oxygens (including phenoxy) is 1. The summed E-state index contributed by atoms with van der Waals surface area (Å²) in [5, 5.41) is 155. The summed E-state index contributed by atoms with van der Waals surface area (Å²) in [6.07, 6.45) is 0.444. The molecule has 0 aromatic carbocycles. The first-order valence-electron chi connectivity index (χ1n) is 26.1. The molecule has 82 heavy (non-hydrogen) atoms. The summed E-state index contributed by atoms with van der Waals surface area (Å²) >= 11 is 0. The number of hydrogen-bond acceptors (Lipinski definition) is 27. The van der Waals surface area contributed by atoms with Crippen LogP contribution in [0.4, 0.5) is 0 Å². The number of aliphatic hydroxyl groups excluding tert-OH is 12. The number of hydrogen-bond donors (Lipinski definition) is 18. The van der Waals surface area contributed by atoms with Crippen LogP contribution >= 0.6 is 0 Å². The van der Waals surface area contributed by atoms with Crippen LogP contribution in [0.5, 0.6) is 0 Å². The molecule has 474 valence electrons. The summed E-state index contributed by atoms with van der Waals surface area (Å²) in [5.74, 6) is -4.97. The Morgan fingerprint density at radius 3 is 1.48 bits per heavy atom. The maximum absolute atomic E-state index is 14.3. The van der Waals surface area contributed by atoms with Crippen LogP contribution in [0.25, 0.3) is 0 Å². The fourth-order valence-corrected chi connectivity index (χ4v) is 9.50. The number of nitrogens with zero attached hydrogens (tertiary/aromatic N) is 7. The Morgan fingerprint density at radius 2 is 1.07 bits per heavy atom. The van der Waals surface area contributed by atoms with Crippen molar-refractivity contribution in [1.29, 1.82) is 0 Å². The molecule has 0 saturated carbocycles. The SMILES string of the molecule is O=COCN(CC(=O)O)C1(CC[N+](C=O)(CCN(CCC(=O)NC(CO)(CO)CO)CCN(C=O)C(CO)(CO)CO)CCN(CC[NH+](C=O)C(CO)(CO)CO)C[NH+](C=O)C(CO)(CO)CO)CN(CC(=O)O)CCN(CC(=O)O)C1. The van der Waals surface area contributed by atoms with E-state index in [1.54, 1.807) is 0 Å². The maximum Gasteiger partial charge on any atom is 0.317 e. The molecule has 35 heteroatoms. The van der Waals surface area contributed by atoms with E-state index in [0.717, 1.165) is 4.90 Å². The predicted octanol–water partition coefficient (Wildman–Crippen LogP) is -15.1. The molecule has 0 spiro atoms. The zero-order valence-corrected chi connectivity index (χ0v) is 46.1. The number of aliphatic hydroxyl groups is 12. The second-order valence-corrected chi connectivity index (χ2v) is 20.9. The third-order valence-corrected chi connectivity index (χ3v) is 15.5. The van der Waals surface area contributed by atoms with Crippen molar-refractivity contribution in [3.8, 4) is 0 Å². The van der Waals surface area contributed by atoms with Crippen LogP contribution < -0.4 is 15.1 Å². The van der Waals surface area contributed by atoms with Crippen molar-refractivity contribution in [2.24, 2.45) is 0 Å². The molecule has 1 saturated heterocycles. The smallest absolute Gasteiger partial charge is 0.317 e. The van der Waals surface area contributed by atoms with Crippen LogP contribution in [-0.4, -0.2) is 398 Å². The molecule has 0 aromatic heterocycles. The van der Waals surface area contributed by atoms with Crippen LogP contribution in [-0.2, 0) is 47.9 Å². The van der Waals surface area contributed by atoms with Gasteiger partial charge in [0, 0.05) is 65.2 Å². The van der Waals surface area contributed by atoms with Crippen LogP contribution in [0.15, 0.2) is 0 Å². The van der Waals surface area contributed by atoms with Gasteiger partial charge in [-0.2, -0.15) is 0 Å². The Bertz CT molecular complexity index is 1890. The van der Waals surface area contributed by atoms with Gasteiger partial charge in [0.15, 0.2) is 11.1 Å². The molecule has 5 amide bonds. The monoisotopic (exact) mass is 1190 g/mol. The van der Waals surface area contributed by atoms with Gasteiger partial charge in [-0.3, -0.25) is 62.6 Å². The molecule has 0 radical (unpaired) electrons. The molecule has 1 rings (SSSR count). The summed E-state index contributed by atoms with van der Waals surface area (Å²) < 4.78 is 4.33. The Kier molecular flexibility index (Phi) is 34.2. The lowest BCUT2D eigenvalue weighted by atomic mass is 9.90. The average molecular weight is 1190 g/mol. The number of amides is 5. The van der Waals surface area contributed by atoms with Crippen molar-refractivity contribution in [2.45, 2.75) is 40.5 Å². The molecular weight excluding hydrogens is 1100 g/mol. The molecule has 3 atom stereocenters. The van der Waals surface area contributed by atoms with Crippen molar-refractivity contribution in [3.05, 3.63) is 0 Å². The number of nitrogens with one attached hydrogen (secondary N) is 3. The number of carboxylic acids is 3. The zero-order chi connectivity index (χ0) is 62.2. The quantitative estimate of drug-likeness (QED) is 0.0153. The highest BCUT2D eigenvalue weighted by atomic mass is 16.5. The van der Waals surface area contributed by atoms with Crippen molar-refractivity contribution >= 4 is 55.9 Å². The van der Waals surface area contributed by atoms with E-state index in [-0.39, 0.29) is 121 Å². The van der Waals surface area contributed by atoms with Gasteiger partial charge in [-0.05, 0) is 0 Å². The standard InChI is InChI=1S/C47H86N10O25/c58-20-43(21-59,22-60)48-39(75)1-3-49(6-8-53(33-70)45(23-61,24-62)25-63)10-13-57(37-73,14-11-50(32-56(35-72)47(29-67,30-68)31-69)7-9-54(34-71)46(26-64,27-65)28-66)12-2-44(55(17-42(80)81)36-82-38-74)18-51(15-40(76)77)4-5-52(19-44)16-41(78)79/h33-35,37-38,58-69H,1-32,36H2,(H3-,48,75,76,77,78,79,80,81)/p+3. The second-order valence-electron chi connectivity index (χ2n) is 20.9. The lowest BCUT2D eigenvalue weighted by Crippen LogP contribution is -3.23. The van der Waals surface area contributed by atoms with Gasteiger partial charge >= 0.3 is 37.1 Å². The molecule has 1 aliphatic rings. The van der Waals surface area contributed by atoms with E-state index >= 15 is 0 Å². The molecule has 1 fully saturated rings. The summed E-state index contributed by atoms with van der Waals surface area (Å²) in [6.45, 7) is -18.6. The van der Waals surface area contributed by atoms with Crippen LogP contribution in [0.2, 0.25) is 0 Å². The Balaban J connectivity index is 4.43. The van der Waals surface area contributed by atoms with E-state index in [1.165, 1.54) is 24.5 Å². The van der Waals surface area contributed by atoms with Crippen molar-refractivity contribution in [2.75, 3.05) is 204 Å². The molecule has 35 nitrogen and oxygen atoms in total. The number of rotatable bonds is 50. The van der Waals surface area contributed by atoms with Crippen molar-refractivity contribution < 1.29 is 139 Å². The fourth-order valence-electron chi connectivity index (χ4n) is 9.50. The maximum atomic E-state index is 14.3. The second kappa shape index (κ2) is 37.4. The van der Waals surface area contributed by atoms with Crippen LogP contribution in [0.3, 0.4) is 0 Å². The molecule has 0 aliphatic carbocycles. The highest BCUT2D eigenvalue weighted by Crippen LogP contribution is 2.28. The molecule has 1 heterocycles. The van der Waals surface area contributed by atoms with Gasteiger partial charge in [0.1, 0.15) is 64.1 Å². The lowest BCUT2D eigenvalue weighted by molar-refractivity contribution is -0.890. The molecule has 18 N–H and O–H groups in total. The zero-order valence-electron chi connectivity index (χ0n) is 46.1. The minimum absolute atomic E-state index is 0.0101. The molecule has 0 aromatic rings. The predicted molar refractivity (Wildman–Crippen MR) is 276 cm³/mol. The number of carbonyl (C=O) groups excluding carboxylic acids is 6. The molecule has 0 bridgehead atoms. The van der Waals surface area contributed by atoms with Crippen LogP contribution in [0, 0.1) is 0 Å². The first-order chi connectivity index (χ1) is 39.0. The third-order valence-electron chi connectivity index (χ3n) is 15.5. The molecular formula is C47H89N10O25+3. The largest absolute Gasteiger partial charge is 0.480 e. The number of quaternary nitrogens is 3. The topological polar surface area (TPSA) is 507 Å².